The molecule has 0 saturated carbocycles. The summed E-state index contributed by atoms with van der Waals surface area (Å²) in [6.07, 6.45) is 40.2. The van der Waals surface area contributed by atoms with Crippen LogP contribution in [0.15, 0.2) is 0 Å². The normalized spacial score (nSPS) is 9.17. The van der Waals surface area contributed by atoms with Crippen molar-refractivity contribution in [2.45, 2.75) is 290 Å². The zero-order valence-electron chi connectivity index (χ0n) is 36.1. The summed E-state index contributed by atoms with van der Waals surface area (Å²) in [5.74, 6) is 0.330. The van der Waals surface area contributed by atoms with Gasteiger partial charge in [0.15, 0.2) is 0 Å². The first kappa shape index (κ1) is 60.9. The second-order valence-corrected chi connectivity index (χ2v) is 13.1. The maximum Gasteiger partial charge on any atom is 0.129 e. The molecule has 0 heterocycles. The monoisotopic (exact) mass is 659 g/mol. The van der Waals surface area contributed by atoms with Crippen LogP contribution in [0.1, 0.15) is 290 Å². The van der Waals surface area contributed by atoms with Crippen LogP contribution in [0.4, 0.5) is 0 Å². The maximum absolute atomic E-state index is 10.5. The van der Waals surface area contributed by atoms with Crippen LogP contribution >= 0.6 is 0 Å². The highest BCUT2D eigenvalue weighted by Gasteiger charge is 1.92. The lowest BCUT2D eigenvalue weighted by atomic mass is 10.1. The molecule has 0 bridgehead atoms. The minimum Gasteiger partial charge on any atom is -0.300 e. The molecule has 0 aromatic carbocycles. The van der Waals surface area contributed by atoms with E-state index in [-0.39, 0.29) is 0 Å². The van der Waals surface area contributed by atoms with Gasteiger partial charge in [-0.1, -0.05) is 270 Å². The fourth-order valence-electron chi connectivity index (χ4n) is 3.98. The Labute approximate surface area is 299 Å². The van der Waals surface area contributed by atoms with Crippen molar-refractivity contribution in [3.63, 3.8) is 0 Å². The number of hydrogen-bond donors (Lipinski definition) is 0. The van der Waals surface area contributed by atoms with Gasteiger partial charge in [-0.15, -0.1) is 0 Å². The van der Waals surface area contributed by atoms with E-state index in [2.05, 4.69) is 90.0 Å². The van der Waals surface area contributed by atoms with Gasteiger partial charge in [-0.05, 0) is 13.3 Å². The lowest BCUT2D eigenvalue weighted by molar-refractivity contribution is -0.117. The average molecular weight is 659 g/mol. The molecule has 0 fully saturated rings. The zero-order valence-corrected chi connectivity index (χ0v) is 36.1. The van der Waals surface area contributed by atoms with Crippen LogP contribution < -0.4 is 0 Å². The summed E-state index contributed by atoms with van der Waals surface area (Å²) < 4.78 is 0. The summed E-state index contributed by atoms with van der Waals surface area (Å²) in [6.45, 7) is 30.6. The molecule has 0 unspecified atom stereocenters. The van der Waals surface area contributed by atoms with Crippen molar-refractivity contribution in [1.29, 1.82) is 0 Å². The van der Waals surface area contributed by atoms with Gasteiger partial charge in [0.05, 0.1) is 0 Å². The molecule has 1 heteroatoms. The van der Waals surface area contributed by atoms with Crippen molar-refractivity contribution >= 4 is 5.78 Å². The third-order valence-corrected chi connectivity index (χ3v) is 7.38. The topological polar surface area (TPSA) is 17.1 Å². The lowest BCUT2D eigenvalue weighted by Gasteiger charge is -1.95. The average Bonchev–Trinajstić information content (AvgIpc) is 3.07. The standard InChI is InChI=1S/C9H18O.6C6H14/c1-3-4-5-6-7-8-9(2)10;6*1-3-5-6-4-2/h3-8H2,1-2H3;6*3-6H2,1-2H3. The van der Waals surface area contributed by atoms with E-state index in [9.17, 15) is 4.79 Å². The molecule has 0 aliphatic carbocycles. The number of rotatable bonds is 24. The van der Waals surface area contributed by atoms with Gasteiger partial charge in [0.25, 0.3) is 0 Å². The molecule has 0 aromatic heterocycles. The van der Waals surface area contributed by atoms with Crippen molar-refractivity contribution < 1.29 is 4.79 Å². The number of Topliss-reactive ketones (excluding diaryl/α,β-unsaturated/α-hetero) is 1. The highest BCUT2D eigenvalue weighted by Crippen LogP contribution is 2.04. The molecule has 0 aliphatic rings. The Balaban J connectivity index is -0.0000000780. The fraction of sp³-hybridized carbons (Fsp3) is 0.978. The van der Waals surface area contributed by atoms with Crippen LogP contribution in [-0.2, 0) is 4.79 Å². The third-order valence-electron chi connectivity index (χ3n) is 7.38. The second kappa shape index (κ2) is 79.8. The molecule has 46 heavy (non-hydrogen) atoms. The lowest BCUT2D eigenvalue weighted by Crippen LogP contribution is -1.88. The molecular weight excluding hydrogens is 556 g/mol. The number of hydrogen-bond acceptors (Lipinski definition) is 1. The number of carbonyl (C=O) groups is 1. The van der Waals surface area contributed by atoms with E-state index in [1.54, 1.807) is 6.92 Å². The highest BCUT2D eigenvalue weighted by atomic mass is 16.1. The SMILES string of the molecule is CCCCCC.CCCCCC.CCCCCC.CCCCCC.CCCCCC.CCCCCC.CCCCCCCC(C)=O. The van der Waals surface area contributed by atoms with Gasteiger partial charge in [-0.25, -0.2) is 0 Å². The minimum absolute atomic E-state index is 0.330. The molecule has 0 atom stereocenters. The van der Waals surface area contributed by atoms with E-state index in [1.165, 1.54) is 180 Å². The van der Waals surface area contributed by atoms with E-state index < -0.39 is 0 Å². The van der Waals surface area contributed by atoms with Gasteiger partial charge < -0.3 is 4.79 Å². The van der Waals surface area contributed by atoms with Crippen LogP contribution in [0.25, 0.3) is 0 Å². The number of ketones is 1. The van der Waals surface area contributed by atoms with Crippen LogP contribution in [0.2, 0.25) is 0 Å². The summed E-state index contributed by atoms with van der Waals surface area (Å²) in [6, 6.07) is 0. The molecule has 0 radical (unpaired) electrons. The van der Waals surface area contributed by atoms with Gasteiger partial charge >= 0.3 is 0 Å². The molecule has 1 nitrogen and oxygen atoms in total. The van der Waals surface area contributed by atoms with E-state index in [1.807, 2.05) is 0 Å². The van der Waals surface area contributed by atoms with E-state index in [0.717, 1.165) is 12.8 Å². The Morgan fingerprint density at radius 3 is 0.500 bits per heavy atom. The van der Waals surface area contributed by atoms with Crippen molar-refractivity contribution in [2.24, 2.45) is 0 Å². The first-order valence-corrected chi connectivity index (χ1v) is 21.8. The van der Waals surface area contributed by atoms with Crippen LogP contribution in [0, 0.1) is 0 Å². The molecular formula is C45H102O. The Hall–Kier alpha value is -0.330. The predicted octanol–water partition coefficient (Wildman–Crippen LogP) is 18.5. The van der Waals surface area contributed by atoms with E-state index in [0.29, 0.717) is 5.78 Å². The minimum atomic E-state index is 0.330. The van der Waals surface area contributed by atoms with Crippen molar-refractivity contribution in [3.8, 4) is 0 Å². The van der Waals surface area contributed by atoms with Crippen molar-refractivity contribution in [2.75, 3.05) is 0 Å². The molecule has 0 aliphatic heterocycles. The summed E-state index contributed by atoms with van der Waals surface area (Å²) in [5.41, 5.74) is 0. The first-order chi connectivity index (χ1) is 22.3. The quantitative estimate of drug-likeness (QED) is 0.0943. The Bertz CT molecular complexity index is 289. The van der Waals surface area contributed by atoms with Crippen LogP contribution in [0.5, 0.6) is 0 Å². The molecule has 0 spiro atoms. The molecule has 0 aromatic rings. The van der Waals surface area contributed by atoms with Crippen LogP contribution in [0.3, 0.4) is 0 Å². The number of unbranched alkanes of at least 4 members (excludes halogenated alkanes) is 22. The van der Waals surface area contributed by atoms with Gasteiger partial charge in [-0.3, -0.25) is 0 Å². The number of carbonyl (C=O) groups excluding carboxylic acids is 1. The molecule has 288 valence electrons. The smallest absolute Gasteiger partial charge is 0.129 e. The van der Waals surface area contributed by atoms with E-state index in [4.69, 9.17) is 0 Å². The summed E-state index contributed by atoms with van der Waals surface area (Å²) in [7, 11) is 0. The van der Waals surface area contributed by atoms with Crippen molar-refractivity contribution in [1.82, 2.24) is 0 Å². The molecule has 0 amide bonds. The Morgan fingerprint density at radius 2 is 0.370 bits per heavy atom. The Morgan fingerprint density at radius 1 is 0.239 bits per heavy atom. The summed E-state index contributed by atoms with van der Waals surface area (Å²) in [5, 5.41) is 0. The van der Waals surface area contributed by atoms with Gasteiger partial charge in [0.1, 0.15) is 5.78 Å². The Kier molecular flexibility index (Phi) is 106. The maximum atomic E-state index is 10.5. The van der Waals surface area contributed by atoms with Crippen molar-refractivity contribution in [3.05, 3.63) is 0 Å². The molecule has 0 saturated heterocycles. The first-order valence-electron chi connectivity index (χ1n) is 21.8. The van der Waals surface area contributed by atoms with E-state index >= 15 is 0 Å². The summed E-state index contributed by atoms with van der Waals surface area (Å²) in [4.78, 5) is 10.5. The summed E-state index contributed by atoms with van der Waals surface area (Å²) >= 11 is 0. The third kappa shape index (κ3) is 131. The van der Waals surface area contributed by atoms with Gasteiger partial charge in [-0.2, -0.15) is 0 Å². The molecule has 0 N–H and O–H groups in total. The van der Waals surface area contributed by atoms with Gasteiger partial charge in [0, 0.05) is 6.42 Å². The second-order valence-electron chi connectivity index (χ2n) is 13.1. The fourth-order valence-corrected chi connectivity index (χ4v) is 3.98. The van der Waals surface area contributed by atoms with Crippen LogP contribution in [-0.4, -0.2) is 5.78 Å². The predicted molar refractivity (Wildman–Crippen MR) is 223 cm³/mol. The highest BCUT2D eigenvalue weighted by molar-refractivity contribution is 5.75. The largest absolute Gasteiger partial charge is 0.300 e. The zero-order chi connectivity index (χ0) is 36.8. The molecule has 0 rings (SSSR count). The van der Waals surface area contributed by atoms with Gasteiger partial charge in [0.2, 0.25) is 0 Å².